The maximum absolute atomic E-state index is 7.00. The first-order valence-corrected chi connectivity index (χ1v) is 15.7. The molecule has 2 fully saturated rings. The van der Waals surface area contributed by atoms with E-state index in [2.05, 4.69) is 68.0 Å². The highest BCUT2D eigenvalue weighted by molar-refractivity contribution is 8.00. The number of nitrogens with two attached hydrogens (primary N) is 1. The highest BCUT2D eigenvalue weighted by Gasteiger charge is 2.21. The van der Waals surface area contributed by atoms with Crippen molar-refractivity contribution in [2.75, 3.05) is 38.8 Å². The Bertz CT molecular complexity index is 942. The molecule has 6 nitrogen and oxygen atoms in total. The zero-order valence-corrected chi connectivity index (χ0v) is 27.3. The van der Waals surface area contributed by atoms with Crippen molar-refractivity contribution in [3.05, 3.63) is 46.3 Å². The summed E-state index contributed by atoms with van der Waals surface area (Å²) in [5.74, 6) is 8.31. The van der Waals surface area contributed by atoms with Gasteiger partial charge in [-0.3, -0.25) is 0 Å². The first kappa shape index (κ1) is 38.0. The van der Waals surface area contributed by atoms with Crippen LogP contribution in [0.25, 0.3) is 6.08 Å². The van der Waals surface area contributed by atoms with Crippen LogP contribution >= 0.6 is 23.3 Å². The number of hydrogen-bond acceptors (Lipinski definition) is 8. The lowest BCUT2D eigenvalue weighted by Gasteiger charge is -2.31. The van der Waals surface area contributed by atoms with Gasteiger partial charge in [0.15, 0.2) is 0 Å². The summed E-state index contributed by atoms with van der Waals surface area (Å²) >= 11 is 3.29. The standard InChI is InChI=1S/C22H31NS.C8H15N3S.2CH4O/c1-7-21-20(15-19(24-21)13-14-22(4,5)6)23(8-2)16-18-11-9-17(3)10-12-18;9-5-4-8(10)12-11-6-2-1-3-7-11;2*1-2/h7-8,15,17-18H,1-2,9-12,16H2,3-6H3;4-5,9H,1-3,6-7,10H2;2*2H,1H3/b;8-4+,9-5?;;. The van der Waals surface area contributed by atoms with Crippen molar-refractivity contribution in [2.45, 2.75) is 72.6 Å². The Hall–Kier alpha value is -2.02. The van der Waals surface area contributed by atoms with E-state index in [1.165, 1.54) is 61.7 Å². The number of hydrogen-bond donors (Lipinski definition) is 4. The molecule has 0 bridgehead atoms. The van der Waals surface area contributed by atoms with Crippen molar-refractivity contribution in [1.82, 2.24) is 4.31 Å². The summed E-state index contributed by atoms with van der Waals surface area (Å²) in [6.07, 6.45) is 16.0. The Morgan fingerprint density at radius 1 is 1.15 bits per heavy atom. The number of piperidine rings is 1. The van der Waals surface area contributed by atoms with Gasteiger partial charge in [0.2, 0.25) is 0 Å². The monoisotopic (exact) mass is 590 g/mol. The van der Waals surface area contributed by atoms with Gasteiger partial charge in [-0.25, -0.2) is 4.31 Å². The molecule has 8 heteroatoms. The van der Waals surface area contributed by atoms with Crippen molar-refractivity contribution in [1.29, 1.82) is 5.41 Å². The van der Waals surface area contributed by atoms with E-state index in [1.807, 2.05) is 12.3 Å². The van der Waals surface area contributed by atoms with Gasteiger partial charge >= 0.3 is 0 Å². The Morgan fingerprint density at radius 2 is 1.75 bits per heavy atom. The van der Waals surface area contributed by atoms with Crippen LogP contribution in [0.5, 0.6) is 0 Å². The van der Waals surface area contributed by atoms with Crippen molar-refractivity contribution < 1.29 is 10.2 Å². The van der Waals surface area contributed by atoms with Gasteiger partial charge < -0.3 is 26.3 Å². The van der Waals surface area contributed by atoms with E-state index >= 15 is 0 Å². The molecule has 2 heterocycles. The first-order chi connectivity index (χ1) is 19.1. The lowest BCUT2D eigenvalue weighted by Crippen LogP contribution is -2.27. The van der Waals surface area contributed by atoms with Gasteiger partial charge in [0.1, 0.15) is 0 Å². The second-order valence-corrected chi connectivity index (χ2v) is 13.1. The van der Waals surface area contributed by atoms with Crippen LogP contribution in [-0.2, 0) is 0 Å². The molecule has 0 amide bonds. The van der Waals surface area contributed by atoms with Gasteiger partial charge in [-0.15, -0.1) is 11.3 Å². The van der Waals surface area contributed by atoms with E-state index in [0.717, 1.165) is 50.6 Å². The number of anilines is 1. The zero-order valence-electron chi connectivity index (χ0n) is 25.7. The number of allylic oxidation sites excluding steroid dienone is 1. The lowest BCUT2D eigenvalue weighted by atomic mass is 9.83. The molecule has 1 aliphatic heterocycles. The summed E-state index contributed by atoms with van der Waals surface area (Å²) in [5, 5.41) is 21.6. The molecule has 1 aromatic heterocycles. The van der Waals surface area contributed by atoms with Gasteiger partial charge in [-0.2, -0.15) is 0 Å². The molecule has 1 saturated carbocycles. The van der Waals surface area contributed by atoms with Crippen LogP contribution in [0.4, 0.5) is 5.69 Å². The van der Waals surface area contributed by atoms with Crippen LogP contribution in [-0.4, -0.2) is 54.6 Å². The van der Waals surface area contributed by atoms with Crippen LogP contribution in [0.2, 0.25) is 0 Å². The molecular weight excluding hydrogens is 537 g/mol. The van der Waals surface area contributed by atoms with E-state index < -0.39 is 0 Å². The Kier molecular flexibility index (Phi) is 20.6. The molecule has 0 atom stereocenters. The minimum atomic E-state index is 0.0232. The summed E-state index contributed by atoms with van der Waals surface area (Å²) in [6, 6.07) is 2.20. The maximum atomic E-state index is 7.00. The molecular formula is C32H54N4O2S2. The van der Waals surface area contributed by atoms with E-state index in [4.69, 9.17) is 21.4 Å². The third-order valence-electron chi connectivity index (χ3n) is 6.40. The summed E-state index contributed by atoms with van der Waals surface area (Å²) in [7, 11) is 2.00. The SMILES string of the molecule is C=Cc1sc(C#CC(C)(C)C)cc1N(C=C)CC1CCC(C)CC1.CO.CO.N=C/C=C(\N)SN1CCCCC1. The number of aliphatic hydroxyl groups excluding tert-OH is 2. The van der Waals surface area contributed by atoms with E-state index in [0.29, 0.717) is 5.03 Å². The number of nitrogens with zero attached hydrogens (tertiary/aromatic N) is 2. The summed E-state index contributed by atoms with van der Waals surface area (Å²) in [4.78, 5) is 4.60. The number of rotatable bonds is 8. The third-order valence-corrected chi connectivity index (χ3v) is 8.41. The van der Waals surface area contributed by atoms with Crippen molar-refractivity contribution >= 4 is 41.3 Å². The van der Waals surface area contributed by atoms with Crippen LogP contribution in [0.1, 0.15) is 82.4 Å². The number of aliphatic hydroxyl groups is 2. The van der Waals surface area contributed by atoms with E-state index in [9.17, 15) is 0 Å². The minimum absolute atomic E-state index is 0.0232. The molecule has 5 N–H and O–H groups in total. The average Bonchev–Trinajstić information content (AvgIpc) is 3.38. The second-order valence-electron chi connectivity index (χ2n) is 10.8. The minimum Gasteiger partial charge on any atom is -0.400 e. The highest BCUT2D eigenvalue weighted by Crippen LogP contribution is 2.35. The van der Waals surface area contributed by atoms with Crippen LogP contribution in [0.15, 0.2) is 36.5 Å². The Morgan fingerprint density at radius 3 is 2.25 bits per heavy atom. The molecule has 2 aliphatic rings. The van der Waals surface area contributed by atoms with Gasteiger partial charge in [-0.05, 0) is 94.7 Å². The molecule has 40 heavy (non-hydrogen) atoms. The summed E-state index contributed by atoms with van der Waals surface area (Å²) in [6.45, 7) is 20.1. The normalized spacial score (nSPS) is 19.1. The molecule has 0 radical (unpaired) electrons. The maximum Gasteiger partial charge on any atom is 0.0825 e. The van der Waals surface area contributed by atoms with Gasteiger partial charge in [-0.1, -0.05) is 51.2 Å². The summed E-state index contributed by atoms with van der Waals surface area (Å²) in [5.41, 5.74) is 6.88. The average molecular weight is 591 g/mol. The Balaban J connectivity index is 0.000000797. The second kappa shape index (κ2) is 21.7. The topological polar surface area (TPSA) is 96.8 Å². The van der Waals surface area contributed by atoms with Crippen molar-refractivity contribution in [2.24, 2.45) is 23.0 Å². The molecule has 226 valence electrons. The van der Waals surface area contributed by atoms with Gasteiger partial charge in [0.25, 0.3) is 0 Å². The Labute approximate surface area is 253 Å². The van der Waals surface area contributed by atoms with E-state index in [1.54, 1.807) is 29.4 Å². The molecule has 3 rings (SSSR count). The van der Waals surface area contributed by atoms with Crippen LogP contribution in [0.3, 0.4) is 0 Å². The zero-order chi connectivity index (χ0) is 30.6. The molecule has 1 saturated heterocycles. The predicted molar refractivity (Wildman–Crippen MR) is 180 cm³/mol. The molecule has 0 unspecified atom stereocenters. The molecule has 1 aromatic rings. The fraction of sp³-hybridized carbons (Fsp3) is 0.594. The number of thiophene rings is 1. The van der Waals surface area contributed by atoms with Crippen LogP contribution in [0, 0.1) is 34.5 Å². The lowest BCUT2D eigenvalue weighted by molar-refractivity contribution is 0.295. The van der Waals surface area contributed by atoms with Gasteiger partial charge in [0.05, 0.1) is 20.5 Å². The fourth-order valence-electron chi connectivity index (χ4n) is 4.36. The summed E-state index contributed by atoms with van der Waals surface area (Å²) < 4.78 is 2.26. The largest absolute Gasteiger partial charge is 0.400 e. The predicted octanol–water partition coefficient (Wildman–Crippen LogP) is 7.35. The smallest absolute Gasteiger partial charge is 0.0825 e. The fourth-order valence-corrected chi connectivity index (χ4v) is 6.10. The quantitative estimate of drug-likeness (QED) is 0.144. The molecule has 0 spiro atoms. The first-order valence-electron chi connectivity index (χ1n) is 14.1. The van der Waals surface area contributed by atoms with Crippen LogP contribution < -0.4 is 10.6 Å². The third kappa shape index (κ3) is 15.7. The van der Waals surface area contributed by atoms with Crippen molar-refractivity contribution in [3.63, 3.8) is 0 Å². The highest BCUT2D eigenvalue weighted by atomic mass is 32.2. The number of nitrogens with one attached hydrogen (secondary N) is 1. The van der Waals surface area contributed by atoms with E-state index in [-0.39, 0.29) is 5.41 Å². The molecule has 1 aliphatic carbocycles. The van der Waals surface area contributed by atoms with Gasteiger partial charge in [0, 0.05) is 45.5 Å². The van der Waals surface area contributed by atoms with Crippen molar-refractivity contribution in [3.8, 4) is 11.8 Å². The molecule has 0 aromatic carbocycles.